The number of hydrogen-bond acceptors (Lipinski definition) is 7. The molecule has 1 amide bonds. The number of ether oxygens (including phenoxy) is 1. The lowest BCUT2D eigenvalue weighted by Crippen LogP contribution is -2.27. The van der Waals surface area contributed by atoms with Gasteiger partial charge in [-0.1, -0.05) is 23.4 Å². The van der Waals surface area contributed by atoms with E-state index in [1.54, 1.807) is 54.9 Å². The highest BCUT2D eigenvalue weighted by Crippen LogP contribution is 2.28. The van der Waals surface area contributed by atoms with Crippen molar-refractivity contribution in [2.75, 3.05) is 11.9 Å². The highest BCUT2D eigenvalue weighted by Gasteiger charge is 2.18. The monoisotopic (exact) mass is 467 g/mol. The number of aromatic nitrogens is 4. The van der Waals surface area contributed by atoms with Crippen LogP contribution in [0.5, 0.6) is 5.75 Å². The first-order valence-corrected chi connectivity index (χ1v) is 11.0. The third-order valence-electron chi connectivity index (χ3n) is 5.36. The fraction of sp³-hybridized carbons (Fsp3) is 0.115. The number of pyridine rings is 2. The average Bonchev–Trinajstić information content (AvgIpc) is 3.38. The topological polar surface area (TPSA) is 112 Å². The van der Waals surface area contributed by atoms with Crippen LogP contribution in [0.2, 0.25) is 0 Å². The van der Waals surface area contributed by atoms with Crippen molar-refractivity contribution in [3.63, 3.8) is 0 Å². The van der Waals surface area contributed by atoms with E-state index in [-0.39, 0.29) is 23.9 Å². The van der Waals surface area contributed by atoms with Gasteiger partial charge in [-0.05, 0) is 49.4 Å². The van der Waals surface area contributed by atoms with Gasteiger partial charge in [-0.3, -0.25) is 19.1 Å². The van der Waals surface area contributed by atoms with Crippen LogP contribution in [0.4, 0.5) is 5.69 Å². The van der Waals surface area contributed by atoms with E-state index >= 15 is 0 Å². The number of anilines is 1. The van der Waals surface area contributed by atoms with Crippen LogP contribution in [0.1, 0.15) is 6.92 Å². The fourth-order valence-electron chi connectivity index (χ4n) is 3.77. The second kappa shape index (κ2) is 9.60. The normalized spacial score (nSPS) is 10.9. The number of rotatable bonds is 7. The van der Waals surface area contributed by atoms with Gasteiger partial charge >= 0.3 is 0 Å². The van der Waals surface area contributed by atoms with Gasteiger partial charge in [-0.25, -0.2) is 0 Å². The summed E-state index contributed by atoms with van der Waals surface area (Å²) < 4.78 is 12.3. The Bertz CT molecular complexity index is 1540. The van der Waals surface area contributed by atoms with Crippen LogP contribution < -0.4 is 15.6 Å². The molecule has 0 bridgehead atoms. The first-order chi connectivity index (χ1) is 17.1. The highest BCUT2D eigenvalue weighted by molar-refractivity contribution is 5.95. The number of carbonyl (C=O) groups is 1. The summed E-state index contributed by atoms with van der Waals surface area (Å²) in [6, 6.07) is 19.3. The Morgan fingerprint density at radius 2 is 1.83 bits per heavy atom. The minimum atomic E-state index is -0.357. The summed E-state index contributed by atoms with van der Waals surface area (Å²) in [7, 11) is 0. The molecule has 2 aromatic carbocycles. The number of benzene rings is 2. The smallest absolute Gasteiger partial charge is 0.259 e. The minimum absolute atomic E-state index is 0.154. The van der Waals surface area contributed by atoms with E-state index in [1.807, 2.05) is 25.1 Å². The lowest BCUT2D eigenvalue weighted by molar-refractivity contribution is -0.116. The second-order valence-corrected chi connectivity index (χ2v) is 7.66. The highest BCUT2D eigenvalue weighted by atomic mass is 16.5. The lowest BCUT2D eigenvalue weighted by atomic mass is 10.1. The Kier molecular flexibility index (Phi) is 6.04. The molecule has 0 aliphatic carbocycles. The largest absolute Gasteiger partial charge is 0.494 e. The maximum atomic E-state index is 13.1. The zero-order chi connectivity index (χ0) is 24.2. The van der Waals surface area contributed by atoms with Gasteiger partial charge in [0.05, 0.1) is 17.7 Å². The molecule has 0 spiro atoms. The lowest BCUT2D eigenvalue weighted by Gasteiger charge is -2.12. The van der Waals surface area contributed by atoms with Crippen LogP contribution in [0.25, 0.3) is 33.7 Å². The molecule has 0 aliphatic rings. The maximum Gasteiger partial charge on any atom is 0.259 e. The first kappa shape index (κ1) is 22.0. The van der Waals surface area contributed by atoms with Crippen LogP contribution in [-0.4, -0.2) is 32.2 Å². The molecule has 0 saturated carbocycles. The Morgan fingerprint density at radius 3 is 2.60 bits per heavy atom. The van der Waals surface area contributed by atoms with Crippen molar-refractivity contribution in [1.82, 2.24) is 19.7 Å². The number of carbonyl (C=O) groups excluding carboxylic acids is 1. The van der Waals surface area contributed by atoms with Crippen molar-refractivity contribution in [3.8, 4) is 28.6 Å². The third kappa shape index (κ3) is 4.65. The van der Waals surface area contributed by atoms with Gasteiger partial charge in [0.2, 0.25) is 11.7 Å². The summed E-state index contributed by atoms with van der Waals surface area (Å²) in [5.41, 5.74) is 2.09. The Morgan fingerprint density at radius 1 is 1.06 bits per heavy atom. The molecule has 35 heavy (non-hydrogen) atoms. The number of para-hydroxylation sites is 1. The van der Waals surface area contributed by atoms with Crippen molar-refractivity contribution >= 4 is 22.5 Å². The third-order valence-corrected chi connectivity index (χ3v) is 5.36. The van der Waals surface area contributed by atoms with Gasteiger partial charge in [0, 0.05) is 35.1 Å². The number of fused-ring (bicyclic) bond motifs is 1. The summed E-state index contributed by atoms with van der Waals surface area (Å²) in [5.74, 6) is 1.00. The van der Waals surface area contributed by atoms with E-state index in [4.69, 9.17) is 9.26 Å². The van der Waals surface area contributed by atoms with Crippen molar-refractivity contribution in [2.45, 2.75) is 13.5 Å². The van der Waals surface area contributed by atoms with Crippen LogP contribution in [0, 0.1) is 0 Å². The molecule has 5 rings (SSSR count). The van der Waals surface area contributed by atoms with Crippen molar-refractivity contribution in [3.05, 3.63) is 89.5 Å². The molecule has 9 nitrogen and oxygen atoms in total. The molecule has 1 N–H and O–H groups in total. The van der Waals surface area contributed by atoms with E-state index in [0.717, 1.165) is 11.3 Å². The number of nitrogens with zero attached hydrogens (tertiary/aromatic N) is 4. The van der Waals surface area contributed by atoms with Gasteiger partial charge in [0.15, 0.2) is 0 Å². The Hall–Kier alpha value is -4.79. The van der Waals surface area contributed by atoms with Crippen molar-refractivity contribution < 1.29 is 14.1 Å². The predicted octanol–water partition coefficient (Wildman–Crippen LogP) is 4.15. The molecule has 9 heteroatoms. The molecule has 0 fully saturated rings. The molecule has 0 unspecified atom stereocenters. The van der Waals surface area contributed by atoms with Gasteiger partial charge in [0.25, 0.3) is 11.4 Å². The van der Waals surface area contributed by atoms with E-state index in [2.05, 4.69) is 20.4 Å². The molecule has 5 aromatic rings. The summed E-state index contributed by atoms with van der Waals surface area (Å²) >= 11 is 0. The molecule has 0 aliphatic heterocycles. The Labute approximate surface area is 200 Å². The molecule has 0 saturated heterocycles. The van der Waals surface area contributed by atoms with E-state index in [9.17, 15) is 9.59 Å². The standard InChI is InChI=1S/C26H21N5O4/c1-2-34-19-9-7-18(8-10-19)28-23(32)16-31-22-6-4-3-5-20(22)21(15-24(31)33)26-29-25(30-35-26)17-11-13-27-14-12-17/h3-15H,2,16H2,1H3,(H,28,32). The van der Waals surface area contributed by atoms with Gasteiger partial charge in [-0.15, -0.1) is 0 Å². The maximum absolute atomic E-state index is 13.1. The fourth-order valence-corrected chi connectivity index (χ4v) is 3.77. The molecular formula is C26H21N5O4. The number of amides is 1. The van der Waals surface area contributed by atoms with Gasteiger partial charge in [-0.2, -0.15) is 4.98 Å². The summed E-state index contributed by atoms with van der Waals surface area (Å²) in [5, 5.41) is 7.57. The van der Waals surface area contributed by atoms with Crippen LogP contribution in [0.3, 0.4) is 0 Å². The second-order valence-electron chi connectivity index (χ2n) is 7.66. The molecule has 0 radical (unpaired) electrons. The van der Waals surface area contributed by atoms with Crippen molar-refractivity contribution in [2.24, 2.45) is 0 Å². The molecular weight excluding hydrogens is 446 g/mol. The molecule has 3 heterocycles. The summed E-state index contributed by atoms with van der Waals surface area (Å²) in [6.07, 6.45) is 3.28. The van der Waals surface area contributed by atoms with Crippen LogP contribution in [0.15, 0.2) is 88.4 Å². The van der Waals surface area contributed by atoms with E-state index in [1.165, 1.54) is 10.6 Å². The van der Waals surface area contributed by atoms with Crippen molar-refractivity contribution in [1.29, 1.82) is 0 Å². The SMILES string of the molecule is CCOc1ccc(NC(=O)Cn2c(=O)cc(-c3nc(-c4ccncc4)no3)c3ccccc32)cc1. The van der Waals surface area contributed by atoms with E-state index < -0.39 is 0 Å². The zero-order valence-electron chi connectivity index (χ0n) is 18.8. The van der Waals surface area contributed by atoms with E-state index in [0.29, 0.717) is 34.6 Å². The summed E-state index contributed by atoms with van der Waals surface area (Å²) in [6.45, 7) is 2.31. The molecule has 3 aromatic heterocycles. The minimum Gasteiger partial charge on any atom is -0.494 e. The van der Waals surface area contributed by atoms with Gasteiger partial charge in [0.1, 0.15) is 12.3 Å². The first-order valence-electron chi connectivity index (χ1n) is 11.0. The number of hydrogen-bond donors (Lipinski definition) is 1. The quantitative estimate of drug-likeness (QED) is 0.383. The van der Waals surface area contributed by atoms with Crippen LogP contribution >= 0.6 is 0 Å². The van der Waals surface area contributed by atoms with Gasteiger partial charge < -0.3 is 14.6 Å². The zero-order valence-corrected chi connectivity index (χ0v) is 18.8. The predicted molar refractivity (Wildman–Crippen MR) is 131 cm³/mol. The summed E-state index contributed by atoms with van der Waals surface area (Å²) in [4.78, 5) is 34.3. The Balaban J connectivity index is 1.45. The average molecular weight is 467 g/mol. The molecule has 174 valence electrons. The molecule has 0 atom stereocenters. The number of nitrogens with one attached hydrogen (secondary N) is 1. The van der Waals surface area contributed by atoms with Crippen LogP contribution in [-0.2, 0) is 11.3 Å².